The maximum absolute atomic E-state index is 12.4. The Morgan fingerprint density at radius 1 is 0.900 bits per heavy atom. The van der Waals surface area contributed by atoms with E-state index in [0.29, 0.717) is 22.8 Å². The second-order valence-electron chi connectivity index (χ2n) is 5.75. The van der Waals surface area contributed by atoms with Gasteiger partial charge in [0.15, 0.2) is 23.0 Å². The molecule has 0 aromatic heterocycles. The summed E-state index contributed by atoms with van der Waals surface area (Å²) < 4.78 is 47.5. The lowest BCUT2D eigenvalue weighted by Gasteiger charge is -2.10. The van der Waals surface area contributed by atoms with Gasteiger partial charge in [-0.3, -0.25) is 4.79 Å². The number of carbonyl (C=O) groups excluding carboxylic acids is 1. The van der Waals surface area contributed by atoms with E-state index in [2.05, 4.69) is 15.2 Å². The van der Waals surface area contributed by atoms with Gasteiger partial charge in [0.2, 0.25) is 10.0 Å². The molecule has 0 atom stereocenters. The molecule has 0 saturated heterocycles. The molecule has 0 bridgehead atoms. The summed E-state index contributed by atoms with van der Waals surface area (Å²) in [4.78, 5) is 11.8. The molecule has 0 heterocycles. The summed E-state index contributed by atoms with van der Waals surface area (Å²) in [5.41, 5.74) is 2.90. The summed E-state index contributed by atoms with van der Waals surface area (Å²) in [6, 6.07) is 9.19. The number of sulfonamides is 1. The predicted molar refractivity (Wildman–Crippen MR) is 110 cm³/mol. The molecule has 2 N–H and O–H groups in total. The van der Waals surface area contributed by atoms with Crippen molar-refractivity contribution in [3.63, 3.8) is 0 Å². The first-order chi connectivity index (χ1) is 14.3. The monoisotopic (exact) mass is 437 g/mol. The second-order valence-corrected chi connectivity index (χ2v) is 7.52. The van der Waals surface area contributed by atoms with Gasteiger partial charge in [0.05, 0.1) is 46.1 Å². The molecule has 30 heavy (non-hydrogen) atoms. The Morgan fingerprint density at radius 2 is 1.47 bits per heavy atom. The lowest BCUT2D eigenvalue weighted by atomic mass is 10.2. The molecule has 2 rings (SSSR count). The van der Waals surface area contributed by atoms with Gasteiger partial charge in [0, 0.05) is 6.07 Å². The Labute approximate surface area is 174 Å². The maximum atomic E-state index is 12.4. The summed E-state index contributed by atoms with van der Waals surface area (Å²) in [7, 11) is 1.93. The maximum Gasteiger partial charge on any atom is 0.255 e. The molecule has 0 aliphatic rings. The molecule has 11 heteroatoms. The smallest absolute Gasteiger partial charge is 0.255 e. The third kappa shape index (κ3) is 5.84. The van der Waals surface area contributed by atoms with Crippen molar-refractivity contribution < 1.29 is 32.2 Å². The molecule has 0 saturated carbocycles. The van der Waals surface area contributed by atoms with Crippen molar-refractivity contribution in [2.75, 3.05) is 35.0 Å². The SMILES string of the molecule is COc1ccc(/C=N\NC(=O)CNS(=O)(=O)c2ccc(OC)c(OC)c2)cc1OC. The number of amides is 1. The van der Waals surface area contributed by atoms with E-state index in [-0.39, 0.29) is 10.6 Å². The van der Waals surface area contributed by atoms with Crippen LogP contribution in [0.4, 0.5) is 0 Å². The standard InChI is InChI=1S/C19H23N3O7S/c1-26-15-7-5-13(9-17(15)28-3)11-20-22-19(23)12-21-30(24,25)14-6-8-16(27-2)18(10-14)29-4/h5-11,21H,12H2,1-4H3,(H,22,23)/b20-11-. The van der Waals surface area contributed by atoms with Crippen LogP contribution in [-0.4, -0.2) is 55.5 Å². The molecule has 0 radical (unpaired) electrons. The summed E-state index contributed by atoms with van der Waals surface area (Å²) in [6.07, 6.45) is 1.39. The Hall–Kier alpha value is -3.31. The number of carbonyl (C=O) groups is 1. The van der Waals surface area contributed by atoms with E-state index in [1.54, 1.807) is 18.2 Å². The van der Waals surface area contributed by atoms with Gasteiger partial charge in [0.25, 0.3) is 5.91 Å². The molecule has 0 unspecified atom stereocenters. The Kier molecular flexibility index (Phi) is 8.01. The van der Waals surface area contributed by atoms with Gasteiger partial charge in [-0.1, -0.05) is 0 Å². The van der Waals surface area contributed by atoms with Crippen LogP contribution >= 0.6 is 0 Å². The van der Waals surface area contributed by atoms with Crippen LogP contribution in [0.5, 0.6) is 23.0 Å². The number of nitrogens with one attached hydrogen (secondary N) is 2. The normalized spacial score (nSPS) is 11.2. The van der Waals surface area contributed by atoms with Crippen molar-refractivity contribution in [1.82, 2.24) is 10.1 Å². The number of nitrogens with zero attached hydrogens (tertiary/aromatic N) is 1. The summed E-state index contributed by atoms with van der Waals surface area (Å²) >= 11 is 0. The highest BCUT2D eigenvalue weighted by Crippen LogP contribution is 2.29. The molecule has 1 amide bonds. The third-order valence-corrected chi connectivity index (χ3v) is 5.30. The van der Waals surface area contributed by atoms with E-state index < -0.39 is 22.5 Å². The molecule has 0 aliphatic heterocycles. The van der Waals surface area contributed by atoms with Gasteiger partial charge in [-0.2, -0.15) is 5.10 Å². The van der Waals surface area contributed by atoms with Crippen molar-refractivity contribution in [2.45, 2.75) is 4.90 Å². The number of hydrogen-bond acceptors (Lipinski definition) is 8. The molecule has 2 aromatic rings. The number of methoxy groups -OCH3 is 4. The first-order valence-electron chi connectivity index (χ1n) is 8.60. The molecule has 0 spiro atoms. The van der Waals surface area contributed by atoms with Crippen LogP contribution in [-0.2, 0) is 14.8 Å². The van der Waals surface area contributed by atoms with Gasteiger partial charge in [-0.15, -0.1) is 0 Å². The predicted octanol–water partition coefficient (Wildman–Crippen LogP) is 1.15. The van der Waals surface area contributed by atoms with Crippen molar-refractivity contribution >= 4 is 22.1 Å². The second kappa shape index (κ2) is 10.5. The van der Waals surface area contributed by atoms with Gasteiger partial charge < -0.3 is 18.9 Å². The zero-order valence-electron chi connectivity index (χ0n) is 17.0. The van der Waals surface area contributed by atoms with E-state index in [4.69, 9.17) is 18.9 Å². The van der Waals surface area contributed by atoms with Gasteiger partial charge in [-0.25, -0.2) is 18.6 Å². The van der Waals surface area contributed by atoms with Crippen molar-refractivity contribution in [3.8, 4) is 23.0 Å². The fourth-order valence-electron chi connectivity index (χ4n) is 2.38. The van der Waals surface area contributed by atoms with Crippen LogP contribution in [0, 0.1) is 0 Å². The minimum Gasteiger partial charge on any atom is -0.493 e. The molecular formula is C19H23N3O7S. The van der Waals surface area contributed by atoms with Crippen molar-refractivity contribution in [1.29, 1.82) is 0 Å². The highest BCUT2D eigenvalue weighted by atomic mass is 32.2. The molecule has 0 aliphatic carbocycles. The fourth-order valence-corrected chi connectivity index (χ4v) is 3.38. The Balaban J connectivity index is 1.96. The molecule has 162 valence electrons. The van der Waals surface area contributed by atoms with Crippen LogP contribution in [0.25, 0.3) is 0 Å². The lowest BCUT2D eigenvalue weighted by molar-refractivity contribution is -0.119. The number of hydrazone groups is 1. The average molecular weight is 437 g/mol. The molecule has 10 nitrogen and oxygen atoms in total. The number of rotatable bonds is 10. The van der Waals surface area contributed by atoms with Crippen LogP contribution in [0.3, 0.4) is 0 Å². The highest BCUT2D eigenvalue weighted by Gasteiger charge is 2.18. The van der Waals surface area contributed by atoms with Crippen LogP contribution in [0.2, 0.25) is 0 Å². The third-order valence-electron chi connectivity index (χ3n) is 3.90. The fraction of sp³-hybridized carbons (Fsp3) is 0.263. The van der Waals surface area contributed by atoms with E-state index in [1.165, 1.54) is 52.9 Å². The summed E-state index contributed by atoms with van der Waals surface area (Å²) in [6.45, 7) is -0.500. The van der Waals surface area contributed by atoms with Gasteiger partial charge in [0.1, 0.15) is 0 Å². The Bertz CT molecular complexity index is 1020. The summed E-state index contributed by atoms with van der Waals surface area (Å²) in [5, 5.41) is 3.80. The zero-order chi connectivity index (χ0) is 22.1. The van der Waals surface area contributed by atoms with Crippen LogP contribution < -0.4 is 29.1 Å². The molecular weight excluding hydrogens is 414 g/mol. The van der Waals surface area contributed by atoms with Gasteiger partial charge in [-0.05, 0) is 35.9 Å². The van der Waals surface area contributed by atoms with E-state index >= 15 is 0 Å². The largest absolute Gasteiger partial charge is 0.493 e. The summed E-state index contributed by atoms with van der Waals surface area (Å²) in [5.74, 6) is 1.07. The minimum absolute atomic E-state index is 0.0678. The van der Waals surface area contributed by atoms with Crippen molar-refractivity contribution in [3.05, 3.63) is 42.0 Å². The molecule has 2 aromatic carbocycles. The molecule has 0 fully saturated rings. The highest BCUT2D eigenvalue weighted by molar-refractivity contribution is 7.89. The Morgan fingerprint density at radius 3 is 2.07 bits per heavy atom. The lowest BCUT2D eigenvalue weighted by Crippen LogP contribution is -2.34. The van der Waals surface area contributed by atoms with E-state index in [0.717, 1.165) is 0 Å². The van der Waals surface area contributed by atoms with Crippen molar-refractivity contribution in [2.24, 2.45) is 5.10 Å². The number of ether oxygens (including phenoxy) is 4. The topological polar surface area (TPSA) is 125 Å². The van der Waals surface area contributed by atoms with E-state index in [1.807, 2.05) is 0 Å². The number of benzene rings is 2. The van der Waals surface area contributed by atoms with Crippen LogP contribution in [0.15, 0.2) is 46.4 Å². The minimum atomic E-state index is -3.94. The van der Waals surface area contributed by atoms with Crippen LogP contribution in [0.1, 0.15) is 5.56 Å². The van der Waals surface area contributed by atoms with E-state index in [9.17, 15) is 13.2 Å². The van der Waals surface area contributed by atoms with Gasteiger partial charge >= 0.3 is 0 Å². The zero-order valence-corrected chi connectivity index (χ0v) is 17.8. The first kappa shape index (κ1) is 23.0. The average Bonchev–Trinajstić information content (AvgIpc) is 2.77. The quantitative estimate of drug-likeness (QED) is 0.422. The first-order valence-corrected chi connectivity index (χ1v) is 10.1. The number of hydrogen-bond donors (Lipinski definition) is 2.